The topological polar surface area (TPSA) is 67.3 Å². The second-order valence-corrected chi connectivity index (χ2v) is 8.38. The smallest absolute Gasteiger partial charge is 0.263 e. The van der Waals surface area contributed by atoms with Gasteiger partial charge in [-0.3, -0.25) is 4.79 Å². The van der Waals surface area contributed by atoms with Crippen LogP contribution in [0.15, 0.2) is 60.9 Å². The van der Waals surface area contributed by atoms with Gasteiger partial charge in [0.2, 0.25) is 0 Å². The Morgan fingerprint density at radius 1 is 1.06 bits per heavy atom. The summed E-state index contributed by atoms with van der Waals surface area (Å²) in [4.78, 5) is 23.5. The molecule has 0 spiro atoms. The molecule has 1 fully saturated rings. The molecule has 2 heterocycles. The fourth-order valence-corrected chi connectivity index (χ4v) is 4.19. The van der Waals surface area contributed by atoms with Gasteiger partial charge < -0.3 is 15.0 Å². The number of halogens is 1. The van der Waals surface area contributed by atoms with E-state index < -0.39 is 0 Å². The van der Waals surface area contributed by atoms with E-state index in [9.17, 15) is 9.18 Å². The van der Waals surface area contributed by atoms with Crippen LogP contribution in [0.2, 0.25) is 0 Å². The molecule has 6 nitrogen and oxygen atoms in total. The van der Waals surface area contributed by atoms with Gasteiger partial charge in [-0.05, 0) is 48.9 Å². The first-order chi connectivity index (χ1) is 15.1. The number of aromatic nitrogens is 2. The van der Waals surface area contributed by atoms with Gasteiger partial charge in [-0.1, -0.05) is 12.1 Å². The number of amides is 1. The van der Waals surface area contributed by atoms with E-state index >= 15 is 0 Å². The van der Waals surface area contributed by atoms with E-state index in [1.165, 1.54) is 12.1 Å². The highest BCUT2D eigenvalue weighted by Crippen LogP contribution is 2.29. The maximum atomic E-state index is 13.1. The lowest BCUT2D eigenvalue weighted by atomic mass is 10.1. The quantitative estimate of drug-likeness (QED) is 0.613. The number of thioether (sulfide) groups is 1. The summed E-state index contributed by atoms with van der Waals surface area (Å²) in [7, 11) is 0. The lowest BCUT2D eigenvalue weighted by molar-refractivity contribution is 0.0940. The average Bonchev–Trinajstić information content (AvgIpc) is 2.81. The van der Waals surface area contributed by atoms with Crippen LogP contribution in [0.5, 0.6) is 11.6 Å². The first kappa shape index (κ1) is 21.1. The molecule has 1 N–H and O–H groups in total. The van der Waals surface area contributed by atoms with Gasteiger partial charge in [-0.15, -0.1) is 0 Å². The Kier molecular flexibility index (Phi) is 6.66. The van der Waals surface area contributed by atoms with Crippen molar-refractivity contribution >= 4 is 23.5 Å². The van der Waals surface area contributed by atoms with Crippen LogP contribution in [0.3, 0.4) is 0 Å². The zero-order chi connectivity index (χ0) is 21.6. The van der Waals surface area contributed by atoms with Crippen molar-refractivity contribution in [2.75, 3.05) is 29.5 Å². The molecule has 1 aliphatic rings. The predicted octanol–water partition coefficient (Wildman–Crippen LogP) is 4.45. The van der Waals surface area contributed by atoms with Crippen molar-refractivity contribution in [3.05, 3.63) is 77.9 Å². The van der Waals surface area contributed by atoms with Gasteiger partial charge in [0.05, 0.1) is 6.04 Å². The second-order valence-electron chi connectivity index (χ2n) is 7.16. The zero-order valence-corrected chi connectivity index (χ0v) is 17.9. The maximum Gasteiger partial charge on any atom is 0.263 e. The lowest BCUT2D eigenvalue weighted by Gasteiger charge is -2.28. The molecule has 3 aromatic rings. The van der Waals surface area contributed by atoms with E-state index in [0.717, 1.165) is 36.0 Å². The minimum absolute atomic E-state index is 0.214. The van der Waals surface area contributed by atoms with Crippen molar-refractivity contribution in [2.24, 2.45) is 0 Å². The Bertz CT molecular complexity index is 1020. The Morgan fingerprint density at radius 2 is 1.74 bits per heavy atom. The number of ether oxygens (including phenoxy) is 1. The summed E-state index contributed by atoms with van der Waals surface area (Å²) in [6.45, 7) is 3.67. The summed E-state index contributed by atoms with van der Waals surface area (Å²) in [5, 5.41) is 2.92. The predicted molar refractivity (Wildman–Crippen MR) is 120 cm³/mol. The summed E-state index contributed by atoms with van der Waals surface area (Å²) in [5.41, 5.74) is 1.34. The fourth-order valence-electron chi connectivity index (χ4n) is 3.28. The maximum absolute atomic E-state index is 13.1. The number of carbonyl (C=O) groups excluding carboxylic acids is 1. The van der Waals surface area contributed by atoms with Crippen LogP contribution in [0, 0.1) is 5.82 Å². The van der Waals surface area contributed by atoms with Gasteiger partial charge in [-0.2, -0.15) is 11.8 Å². The van der Waals surface area contributed by atoms with E-state index in [0.29, 0.717) is 17.2 Å². The molecule has 1 saturated heterocycles. The molecule has 1 unspecified atom stereocenters. The molecule has 8 heteroatoms. The van der Waals surface area contributed by atoms with E-state index in [2.05, 4.69) is 20.2 Å². The number of rotatable bonds is 6. The molecule has 0 aliphatic carbocycles. The Balaban J connectivity index is 1.41. The van der Waals surface area contributed by atoms with Crippen LogP contribution < -0.4 is 15.0 Å². The number of anilines is 1. The largest absolute Gasteiger partial charge is 0.436 e. The zero-order valence-electron chi connectivity index (χ0n) is 17.1. The molecule has 2 aromatic carbocycles. The standard InChI is InChI=1S/C23H23FN4O2S/c1-16(17-2-6-19(24)7-3-17)27-22(29)18-4-8-20(9-5-18)30-23-21(25-10-11-26-23)28-12-14-31-15-13-28/h2-11,16H,12-15H2,1H3,(H,27,29). The third kappa shape index (κ3) is 5.32. The lowest BCUT2D eigenvalue weighted by Crippen LogP contribution is -2.33. The number of benzene rings is 2. The van der Waals surface area contributed by atoms with Crippen molar-refractivity contribution in [1.29, 1.82) is 0 Å². The monoisotopic (exact) mass is 438 g/mol. The highest BCUT2D eigenvalue weighted by molar-refractivity contribution is 7.99. The van der Waals surface area contributed by atoms with Gasteiger partial charge in [-0.25, -0.2) is 14.4 Å². The van der Waals surface area contributed by atoms with E-state index in [4.69, 9.17) is 4.74 Å². The number of hydrogen-bond acceptors (Lipinski definition) is 6. The molecule has 1 aliphatic heterocycles. The molecular formula is C23H23FN4O2S. The van der Waals surface area contributed by atoms with Gasteiger partial charge in [0.1, 0.15) is 11.6 Å². The molecular weight excluding hydrogens is 415 g/mol. The molecule has 4 rings (SSSR count). The van der Waals surface area contributed by atoms with Crippen LogP contribution in [-0.4, -0.2) is 40.5 Å². The van der Waals surface area contributed by atoms with Gasteiger partial charge in [0, 0.05) is 42.6 Å². The van der Waals surface area contributed by atoms with Crippen LogP contribution in [-0.2, 0) is 0 Å². The van der Waals surface area contributed by atoms with Crippen LogP contribution in [0.1, 0.15) is 28.9 Å². The van der Waals surface area contributed by atoms with E-state index in [-0.39, 0.29) is 17.8 Å². The number of nitrogens with zero attached hydrogens (tertiary/aromatic N) is 3. The molecule has 1 atom stereocenters. The highest BCUT2D eigenvalue weighted by atomic mass is 32.2. The Morgan fingerprint density at radius 3 is 2.45 bits per heavy atom. The Labute approximate surface area is 184 Å². The number of hydrogen-bond donors (Lipinski definition) is 1. The normalized spacial score (nSPS) is 14.7. The molecule has 0 radical (unpaired) electrons. The van der Waals surface area contributed by atoms with Crippen molar-refractivity contribution in [3.63, 3.8) is 0 Å². The van der Waals surface area contributed by atoms with Crippen LogP contribution in [0.4, 0.5) is 10.2 Å². The van der Waals surface area contributed by atoms with E-state index in [1.54, 1.807) is 48.8 Å². The molecule has 1 amide bonds. The van der Waals surface area contributed by atoms with E-state index in [1.807, 2.05) is 18.7 Å². The van der Waals surface area contributed by atoms with Crippen LogP contribution >= 0.6 is 11.8 Å². The molecule has 31 heavy (non-hydrogen) atoms. The third-order valence-corrected chi connectivity index (χ3v) is 5.95. The number of nitrogens with one attached hydrogen (secondary N) is 1. The molecule has 0 bridgehead atoms. The van der Waals surface area contributed by atoms with Crippen molar-refractivity contribution < 1.29 is 13.9 Å². The highest BCUT2D eigenvalue weighted by Gasteiger charge is 2.18. The Hall–Kier alpha value is -3.13. The summed E-state index contributed by atoms with van der Waals surface area (Å²) in [6.07, 6.45) is 3.27. The fraction of sp³-hybridized carbons (Fsp3) is 0.261. The number of carbonyl (C=O) groups is 1. The third-order valence-electron chi connectivity index (χ3n) is 5.01. The second kappa shape index (κ2) is 9.78. The minimum Gasteiger partial charge on any atom is -0.436 e. The first-order valence-corrected chi connectivity index (χ1v) is 11.2. The van der Waals surface area contributed by atoms with Crippen molar-refractivity contribution in [1.82, 2.24) is 15.3 Å². The average molecular weight is 439 g/mol. The molecule has 0 saturated carbocycles. The van der Waals surface area contributed by atoms with Gasteiger partial charge in [0.15, 0.2) is 5.82 Å². The van der Waals surface area contributed by atoms with Crippen LogP contribution in [0.25, 0.3) is 0 Å². The van der Waals surface area contributed by atoms with Gasteiger partial charge in [0.25, 0.3) is 11.8 Å². The van der Waals surface area contributed by atoms with Gasteiger partial charge >= 0.3 is 0 Å². The molecule has 160 valence electrons. The molecule has 1 aromatic heterocycles. The summed E-state index contributed by atoms with van der Waals surface area (Å²) in [6, 6.07) is 12.7. The summed E-state index contributed by atoms with van der Waals surface area (Å²) < 4.78 is 19.1. The summed E-state index contributed by atoms with van der Waals surface area (Å²) in [5.74, 6) is 3.36. The van der Waals surface area contributed by atoms with Crippen molar-refractivity contribution in [2.45, 2.75) is 13.0 Å². The first-order valence-electron chi connectivity index (χ1n) is 10.1. The van der Waals surface area contributed by atoms with Crippen molar-refractivity contribution in [3.8, 4) is 11.6 Å². The SMILES string of the molecule is CC(NC(=O)c1ccc(Oc2nccnc2N2CCSCC2)cc1)c1ccc(F)cc1. The summed E-state index contributed by atoms with van der Waals surface area (Å²) >= 11 is 1.93. The minimum atomic E-state index is -0.302.